The summed E-state index contributed by atoms with van der Waals surface area (Å²) in [4.78, 5) is 0.388. The number of hydrogen-bond donors (Lipinski definition) is 0. The summed E-state index contributed by atoms with van der Waals surface area (Å²) < 4.78 is 17.0. The van der Waals surface area contributed by atoms with Gasteiger partial charge in [-0.3, -0.25) is 0 Å². The van der Waals surface area contributed by atoms with Gasteiger partial charge in [-0.25, -0.2) is 0 Å². The summed E-state index contributed by atoms with van der Waals surface area (Å²) in [6.07, 6.45) is 1.19. The summed E-state index contributed by atoms with van der Waals surface area (Å²) in [5.74, 6) is 1.57. The number of benzene rings is 1. The van der Waals surface area contributed by atoms with Crippen LogP contribution in [0.1, 0.15) is 18.9 Å². The third kappa shape index (κ3) is 2.81. The van der Waals surface area contributed by atoms with E-state index < -0.39 is 0 Å². The zero-order valence-corrected chi connectivity index (χ0v) is 12.6. The highest BCUT2D eigenvalue weighted by Gasteiger charge is 2.42. The van der Waals surface area contributed by atoms with E-state index in [0.29, 0.717) is 11.4 Å². The highest BCUT2D eigenvalue weighted by Crippen LogP contribution is 2.37. The molecule has 3 unspecified atom stereocenters. The van der Waals surface area contributed by atoms with Crippen LogP contribution in [0.3, 0.4) is 0 Å². The van der Waals surface area contributed by atoms with Gasteiger partial charge in [-0.2, -0.15) is 0 Å². The number of halogens is 1. The van der Waals surface area contributed by atoms with Crippen molar-refractivity contribution < 1.29 is 14.2 Å². The molecule has 0 spiro atoms. The number of hydrogen-bond acceptors (Lipinski definition) is 3. The molecule has 0 radical (unpaired) electrons. The fourth-order valence-electron chi connectivity index (χ4n) is 2.08. The molecule has 0 heterocycles. The molecule has 1 saturated carbocycles. The third-order valence-electron chi connectivity index (χ3n) is 3.14. The van der Waals surface area contributed by atoms with Crippen molar-refractivity contribution in [1.82, 2.24) is 0 Å². The fourth-order valence-corrected chi connectivity index (χ4v) is 2.94. The van der Waals surface area contributed by atoms with Gasteiger partial charge in [-0.05, 0) is 31.5 Å². The van der Waals surface area contributed by atoms with E-state index in [1.54, 1.807) is 7.11 Å². The Morgan fingerprint density at radius 2 is 2.11 bits per heavy atom. The molecule has 1 aliphatic carbocycles. The first kappa shape index (κ1) is 13.7. The van der Waals surface area contributed by atoms with Crippen LogP contribution in [0.25, 0.3) is 0 Å². The summed E-state index contributed by atoms with van der Waals surface area (Å²) in [7, 11) is 1.66. The first-order valence-electron chi connectivity index (χ1n) is 6.22. The summed E-state index contributed by atoms with van der Waals surface area (Å²) in [5, 5.41) is 0. The van der Waals surface area contributed by atoms with Gasteiger partial charge in [-0.1, -0.05) is 22.0 Å². The molecule has 0 N–H and O–H groups in total. The van der Waals surface area contributed by atoms with Crippen molar-refractivity contribution in [3.05, 3.63) is 23.8 Å². The molecule has 2 rings (SSSR count). The van der Waals surface area contributed by atoms with Crippen LogP contribution >= 0.6 is 15.9 Å². The van der Waals surface area contributed by atoms with Crippen molar-refractivity contribution in [3.8, 4) is 11.5 Å². The van der Waals surface area contributed by atoms with E-state index in [1.165, 1.54) is 0 Å². The molecule has 4 heteroatoms. The molecule has 3 atom stereocenters. The lowest BCUT2D eigenvalue weighted by atomic mass is 9.91. The Balaban J connectivity index is 2.05. The molecule has 0 aromatic heterocycles. The van der Waals surface area contributed by atoms with Crippen molar-refractivity contribution in [2.24, 2.45) is 0 Å². The van der Waals surface area contributed by atoms with Gasteiger partial charge in [0.05, 0.1) is 7.11 Å². The average molecular weight is 315 g/mol. The van der Waals surface area contributed by atoms with E-state index in [2.05, 4.69) is 15.9 Å². The Morgan fingerprint density at radius 3 is 2.72 bits per heavy atom. The van der Waals surface area contributed by atoms with Crippen molar-refractivity contribution >= 4 is 15.9 Å². The van der Waals surface area contributed by atoms with E-state index >= 15 is 0 Å². The predicted octanol–water partition coefficient (Wildman–Crippen LogP) is 3.32. The van der Waals surface area contributed by atoms with Crippen molar-refractivity contribution in [2.75, 3.05) is 13.7 Å². The van der Waals surface area contributed by atoms with Gasteiger partial charge in [0, 0.05) is 17.9 Å². The maximum absolute atomic E-state index is 5.98. The molecule has 18 heavy (non-hydrogen) atoms. The Kier molecular flexibility index (Phi) is 4.51. The lowest BCUT2D eigenvalue weighted by Gasteiger charge is -2.40. The molecule has 1 aromatic carbocycles. The van der Waals surface area contributed by atoms with E-state index in [4.69, 9.17) is 14.2 Å². The first-order chi connectivity index (χ1) is 8.65. The molecule has 1 aromatic rings. The second-order valence-electron chi connectivity index (χ2n) is 4.48. The van der Waals surface area contributed by atoms with Gasteiger partial charge in [0.2, 0.25) is 0 Å². The quantitative estimate of drug-likeness (QED) is 0.780. The summed E-state index contributed by atoms with van der Waals surface area (Å²) in [5.41, 5.74) is 1.16. The van der Waals surface area contributed by atoms with Crippen LogP contribution in [0.5, 0.6) is 11.5 Å². The van der Waals surface area contributed by atoms with Crippen LogP contribution in [-0.2, 0) is 4.74 Å². The Morgan fingerprint density at radius 1 is 1.33 bits per heavy atom. The summed E-state index contributed by atoms with van der Waals surface area (Å²) in [6, 6.07) is 5.96. The summed E-state index contributed by atoms with van der Waals surface area (Å²) in [6.45, 7) is 4.74. The van der Waals surface area contributed by atoms with Crippen LogP contribution in [0.4, 0.5) is 0 Å². The minimum absolute atomic E-state index is 0.103. The van der Waals surface area contributed by atoms with E-state index in [0.717, 1.165) is 23.5 Å². The molecule has 0 amide bonds. The second kappa shape index (κ2) is 5.93. The Hall–Kier alpha value is -0.740. The van der Waals surface area contributed by atoms with Gasteiger partial charge in [0.1, 0.15) is 12.2 Å². The largest absolute Gasteiger partial charge is 0.493 e. The monoisotopic (exact) mass is 314 g/mol. The van der Waals surface area contributed by atoms with E-state index in [1.807, 2.05) is 32.0 Å². The SMILES string of the molecule is CCOC1C(Br)CC1Oc1ccc(C)cc1OC. The maximum Gasteiger partial charge on any atom is 0.161 e. The normalized spacial score (nSPS) is 26.6. The molecule has 100 valence electrons. The minimum atomic E-state index is 0.103. The third-order valence-corrected chi connectivity index (χ3v) is 4.03. The topological polar surface area (TPSA) is 27.7 Å². The fraction of sp³-hybridized carbons (Fsp3) is 0.571. The van der Waals surface area contributed by atoms with Crippen LogP contribution < -0.4 is 9.47 Å². The molecule has 1 aliphatic rings. The second-order valence-corrected chi connectivity index (χ2v) is 5.66. The number of methoxy groups -OCH3 is 1. The number of rotatable bonds is 5. The highest BCUT2D eigenvalue weighted by atomic mass is 79.9. The van der Waals surface area contributed by atoms with Crippen molar-refractivity contribution in [3.63, 3.8) is 0 Å². The Labute approximate surface area is 117 Å². The predicted molar refractivity (Wildman–Crippen MR) is 74.9 cm³/mol. The standard InChI is InChI=1S/C14H19BrO3/c1-4-17-14-10(15)8-13(14)18-11-6-5-9(2)7-12(11)16-3/h5-7,10,13-14H,4,8H2,1-3H3. The van der Waals surface area contributed by atoms with Gasteiger partial charge in [0.25, 0.3) is 0 Å². The van der Waals surface area contributed by atoms with Crippen LogP contribution in [0, 0.1) is 6.92 Å². The van der Waals surface area contributed by atoms with E-state index in [9.17, 15) is 0 Å². The molecular weight excluding hydrogens is 296 g/mol. The highest BCUT2D eigenvalue weighted by molar-refractivity contribution is 9.09. The van der Waals surface area contributed by atoms with Crippen LogP contribution in [-0.4, -0.2) is 30.8 Å². The van der Waals surface area contributed by atoms with Gasteiger partial charge < -0.3 is 14.2 Å². The molecule has 0 aliphatic heterocycles. The molecule has 1 fully saturated rings. The maximum atomic E-state index is 5.98. The lowest BCUT2D eigenvalue weighted by Crippen LogP contribution is -2.52. The van der Waals surface area contributed by atoms with Crippen molar-refractivity contribution in [2.45, 2.75) is 37.3 Å². The van der Waals surface area contributed by atoms with Gasteiger partial charge >= 0.3 is 0 Å². The number of aryl methyl sites for hydroxylation is 1. The molecule has 0 saturated heterocycles. The molecule has 3 nitrogen and oxygen atoms in total. The summed E-state index contributed by atoms with van der Waals surface area (Å²) >= 11 is 3.59. The molecule has 0 bridgehead atoms. The van der Waals surface area contributed by atoms with Crippen molar-refractivity contribution in [1.29, 1.82) is 0 Å². The van der Waals surface area contributed by atoms with Crippen LogP contribution in [0.2, 0.25) is 0 Å². The zero-order chi connectivity index (χ0) is 13.1. The zero-order valence-electron chi connectivity index (χ0n) is 11.0. The number of ether oxygens (including phenoxy) is 3. The Bertz CT molecular complexity index is 408. The smallest absolute Gasteiger partial charge is 0.161 e. The lowest BCUT2D eigenvalue weighted by molar-refractivity contribution is -0.0729. The van der Waals surface area contributed by atoms with Crippen LogP contribution in [0.15, 0.2) is 18.2 Å². The van der Waals surface area contributed by atoms with Gasteiger partial charge in [0.15, 0.2) is 11.5 Å². The average Bonchev–Trinajstić information content (AvgIpc) is 2.37. The van der Waals surface area contributed by atoms with Gasteiger partial charge in [-0.15, -0.1) is 0 Å². The first-order valence-corrected chi connectivity index (χ1v) is 7.14. The molecular formula is C14H19BrO3. The van der Waals surface area contributed by atoms with E-state index in [-0.39, 0.29) is 12.2 Å². The minimum Gasteiger partial charge on any atom is -0.493 e. The number of alkyl halides is 1.